The van der Waals surface area contributed by atoms with Crippen LogP contribution in [0.2, 0.25) is 0 Å². The predicted octanol–water partition coefficient (Wildman–Crippen LogP) is 11.0. The van der Waals surface area contributed by atoms with Gasteiger partial charge in [-0.15, -0.1) is 0 Å². The Morgan fingerprint density at radius 2 is 1.57 bits per heavy atom. The van der Waals surface area contributed by atoms with Crippen LogP contribution in [0.15, 0.2) is 119 Å². The molecule has 51 heavy (non-hydrogen) atoms. The Morgan fingerprint density at radius 3 is 2.53 bits per heavy atom. The van der Waals surface area contributed by atoms with Crippen molar-refractivity contribution in [3.05, 3.63) is 125 Å². The lowest BCUT2D eigenvalue weighted by Gasteiger charge is -2.43. The van der Waals surface area contributed by atoms with Gasteiger partial charge in [0.1, 0.15) is 0 Å². The fourth-order valence-electron chi connectivity index (χ4n) is 13.2. The van der Waals surface area contributed by atoms with E-state index >= 15 is 0 Å². The molecule has 1 aromatic rings. The number of benzene rings is 1. The van der Waals surface area contributed by atoms with Gasteiger partial charge in [-0.05, 0) is 124 Å². The summed E-state index contributed by atoms with van der Waals surface area (Å²) in [6, 6.07) is 12.3. The Labute approximate surface area is 306 Å². The number of allylic oxidation sites excluding steroid dienone is 9. The number of para-hydroxylation sites is 1. The molecule has 0 amide bonds. The molecule has 3 nitrogen and oxygen atoms in total. The summed E-state index contributed by atoms with van der Waals surface area (Å²) in [6.07, 6.45) is 49.1. The smallest absolute Gasteiger partial charge is 0.0588 e. The number of likely N-dealkylation sites (tertiary alicyclic amines) is 1. The SMILES string of the molecule is C1=CC2C3CCCCC3N(C3C=C(C4CC=C(N5C6=C(CCCC6)C6C=CCCC65)CC4)C=C(N4c5ccccc5C5CCC=CC54)C3)C2C=C1. The lowest BCUT2D eigenvalue weighted by molar-refractivity contribution is 0.132. The van der Waals surface area contributed by atoms with Crippen molar-refractivity contribution < 1.29 is 0 Å². The summed E-state index contributed by atoms with van der Waals surface area (Å²) in [4.78, 5) is 8.78. The van der Waals surface area contributed by atoms with E-state index in [-0.39, 0.29) is 0 Å². The van der Waals surface area contributed by atoms with Crippen molar-refractivity contribution >= 4 is 5.69 Å². The van der Waals surface area contributed by atoms with Gasteiger partial charge in [-0.25, -0.2) is 0 Å². The van der Waals surface area contributed by atoms with Gasteiger partial charge in [0.2, 0.25) is 0 Å². The van der Waals surface area contributed by atoms with Gasteiger partial charge in [0.05, 0.1) is 6.04 Å². The van der Waals surface area contributed by atoms with Crippen LogP contribution >= 0.6 is 0 Å². The zero-order chi connectivity index (χ0) is 33.5. The number of anilines is 1. The molecule has 11 rings (SSSR count). The van der Waals surface area contributed by atoms with Crippen LogP contribution in [-0.4, -0.2) is 40.0 Å². The Bertz CT molecular complexity index is 1810. The number of rotatable bonds is 4. The van der Waals surface area contributed by atoms with Gasteiger partial charge < -0.3 is 9.80 Å². The fraction of sp³-hybridized carbons (Fsp3) is 0.542. The first kappa shape index (κ1) is 31.2. The van der Waals surface area contributed by atoms with E-state index in [1.54, 1.807) is 33.8 Å². The third-order valence-electron chi connectivity index (χ3n) is 15.3. The minimum atomic E-state index is 0.456. The Morgan fingerprint density at radius 1 is 0.686 bits per heavy atom. The van der Waals surface area contributed by atoms with E-state index in [9.17, 15) is 0 Å². The molecular formula is C48H57N3. The van der Waals surface area contributed by atoms with Gasteiger partial charge in [0, 0.05) is 71.1 Å². The van der Waals surface area contributed by atoms with Crippen LogP contribution in [0, 0.1) is 23.7 Å². The van der Waals surface area contributed by atoms with Gasteiger partial charge in [0.15, 0.2) is 0 Å². The molecule has 0 bridgehead atoms. The molecule has 10 aliphatic rings. The summed E-state index contributed by atoms with van der Waals surface area (Å²) in [5.41, 5.74) is 11.5. The van der Waals surface area contributed by atoms with E-state index in [0.717, 1.165) is 12.3 Å². The summed E-state index contributed by atoms with van der Waals surface area (Å²) in [7, 11) is 0. The van der Waals surface area contributed by atoms with Crippen molar-refractivity contribution in [3.63, 3.8) is 0 Å². The monoisotopic (exact) mass is 675 g/mol. The van der Waals surface area contributed by atoms with Crippen LogP contribution in [0.1, 0.15) is 114 Å². The van der Waals surface area contributed by atoms with Crippen LogP contribution in [0.5, 0.6) is 0 Å². The molecule has 0 radical (unpaired) electrons. The van der Waals surface area contributed by atoms with E-state index in [0.29, 0.717) is 53.9 Å². The highest BCUT2D eigenvalue weighted by Crippen LogP contribution is 2.53. The van der Waals surface area contributed by atoms with Crippen LogP contribution in [-0.2, 0) is 0 Å². The van der Waals surface area contributed by atoms with E-state index in [2.05, 4.69) is 106 Å². The second-order valence-corrected chi connectivity index (χ2v) is 17.7. The van der Waals surface area contributed by atoms with Gasteiger partial charge in [-0.2, -0.15) is 0 Å². The second-order valence-electron chi connectivity index (χ2n) is 17.7. The van der Waals surface area contributed by atoms with E-state index < -0.39 is 0 Å². The van der Waals surface area contributed by atoms with Crippen molar-refractivity contribution in [1.29, 1.82) is 0 Å². The molecule has 7 aliphatic carbocycles. The Kier molecular flexibility index (Phi) is 7.77. The molecule has 10 unspecified atom stereocenters. The molecule has 3 aliphatic heterocycles. The standard InChI is InChI=1S/C48H57N3/c1-7-19-43-37(13-1)38-14-2-8-20-44(38)49(43)34-27-25-32(26-28-34)33-29-35(50-45-21-9-3-15-39(45)40-16-4-10-22-46(40)50)31-36(30-33)51-47-23-11-5-17-41(47)42-18-6-12-24-48(42)51/h1,3,5,9-11,13,15,17,21-23,27,29-30,32,36-37,40-43,46-48H,2,4,6-8,12,14,16,18-20,24-26,28,31H2. The third kappa shape index (κ3) is 4.99. The van der Waals surface area contributed by atoms with Crippen LogP contribution in [0.3, 0.4) is 0 Å². The molecule has 10 atom stereocenters. The zero-order valence-electron chi connectivity index (χ0n) is 30.6. The van der Waals surface area contributed by atoms with E-state index in [4.69, 9.17) is 0 Å². The largest absolute Gasteiger partial charge is 0.345 e. The normalized spacial score (nSPS) is 39.5. The first-order valence-electron chi connectivity index (χ1n) is 21.3. The van der Waals surface area contributed by atoms with E-state index in [1.165, 1.54) is 102 Å². The minimum absolute atomic E-state index is 0.456. The average Bonchev–Trinajstić information content (AvgIpc) is 3.84. The molecule has 3 heteroatoms. The highest BCUT2D eigenvalue weighted by atomic mass is 15.3. The summed E-state index contributed by atoms with van der Waals surface area (Å²) >= 11 is 0. The highest BCUT2D eigenvalue weighted by Gasteiger charge is 2.51. The van der Waals surface area contributed by atoms with Gasteiger partial charge in [-0.3, -0.25) is 4.90 Å². The molecule has 264 valence electrons. The molecule has 2 fully saturated rings. The zero-order valence-corrected chi connectivity index (χ0v) is 30.6. The van der Waals surface area contributed by atoms with Crippen LogP contribution < -0.4 is 4.90 Å². The lowest BCUT2D eigenvalue weighted by Crippen LogP contribution is -2.47. The summed E-state index contributed by atoms with van der Waals surface area (Å²) in [5.74, 6) is 3.39. The first-order valence-corrected chi connectivity index (χ1v) is 21.3. The van der Waals surface area contributed by atoms with E-state index in [1.807, 2.05) is 0 Å². The van der Waals surface area contributed by atoms with Gasteiger partial charge >= 0.3 is 0 Å². The summed E-state index contributed by atoms with van der Waals surface area (Å²) in [6.45, 7) is 0. The molecule has 1 aromatic carbocycles. The quantitative estimate of drug-likeness (QED) is 0.294. The number of nitrogens with zero attached hydrogens (tertiary/aromatic N) is 3. The second kappa shape index (κ2) is 12.7. The Balaban J connectivity index is 0.957. The first-order chi connectivity index (χ1) is 25.3. The third-order valence-corrected chi connectivity index (χ3v) is 15.3. The molecule has 1 saturated carbocycles. The molecule has 1 saturated heterocycles. The lowest BCUT2D eigenvalue weighted by atomic mass is 9.77. The average molecular weight is 676 g/mol. The van der Waals surface area contributed by atoms with Crippen molar-refractivity contribution in [2.75, 3.05) is 4.90 Å². The van der Waals surface area contributed by atoms with Gasteiger partial charge in [0.25, 0.3) is 0 Å². The molecule has 0 N–H and O–H groups in total. The van der Waals surface area contributed by atoms with Crippen molar-refractivity contribution in [2.24, 2.45) is 23.7 Å². The van der Waals surface area contributed by atoms with Crippen LogP contribution in [0.25, 0.3) is 0 Å². The van der Waals surface area contributed by atoms with Gasteiger partial charge in [-0.1, -0.05) is 91.8 Å². The maximum absolute atomic E-state index is 3.06. The maximum Gasteiger partial charge on any atom is 0.0588 e. The molecule has 3 heterocycles. The topological polar surface area (TPSA) is 9.72 Å². The fourth-order valence-corrected chi connectivity index (χ4v) is 13.2. The maximum atomic E-state index is 3.06. The summed E-state index contributed by atoms with van der Waals surface area (Å²) in [5, 5.41) is 0. The highest BCUT2D eigenvalue weighted by molar-refractivity contribution is 5.68. The van der Waals surface area contributed by atoms with Crippen molar-refractivity contribution in [3.8, 4) is 0 Å². The predicted molar refractivity (Wildman–Crippen MR) is 210 cm³/mol. The summed E-state index contributed by atoms with van der Waals surface area (Å²) < 4.78 is 0. The molecule has 0 aromatic heterocycles. The Hall–Kier alpha value is -3.30. The number of hydrogen-bond donors (Lipinski definition) is 0. The minimum Gasteiger partial charge on any atom is -0.345 e. The molecular weight excluding hydrogens is 619 g/mol. The number of fused-ring (bicyclic) bond motifs is 8. The molecule has 0 spiro atoms. The number of hydrogen-bond acceptors (Lipinski definition) is 3. The van der Waals surface area contributed by atoms with Crippen molar-refractivity contribution in [2.45, 2.75) is 139 Å². The van der Waals surface area contributed by atoms with Crippen LogP contribution in [0.4, 0.5) is 5.69 Å². The van der Waals surface area contributed by atoms with Crippen molar-refractivity contribution in [1.82, 2.24) is 9.80 Å².